The van der Waals surface area contributed by atoms with Gasteiger partial charge in [-0.15, -0.1) is 11.3 Å². The maximum Gasteiger partial charge on any atom is 0.255 e. The highest BCUT2D eigenvalue weighted by atomic mass is 127. The molecular weight excluding hydrogens is 583 g/mol. The Morgan fingerprint density at radius 2 is 2.00 bits per heavy atom. The molecule has 9 heteroatoms. The molecule has 34 heavy (non-hydrogen) atoms. The number of hydrogen-bond donors (Lipinski definition) is 2. The van der Waals surface area contributed by atoms with Gasteiger partial charge in [0.15, 0.2) is 11.4 Å². The van der Waals surface area contributed by atoms with Gasteiger partial charge in [0.1, 0.15) is 5.52 Å². The van der Waals surface area contributed by atoms with Crippen molar-refractivity contribution < 1.29 is 9.59 Å². The molecule has 0 aliphatic rings. The topological polar surface area (TPSA) is 87.7 Å². The van der Waals surface area contributed by atoms with Gasteiger partial charge in [0.05, 0.1) is 27.2 Å². The highest BCUT2D eigenvalue weighted by molar-refractivity contribution is 14.1. The minimum atomic E-state index is -0.198. The molecule has 0 unspecified atom stereocenters. The standard InChI is InChI=1S/C25H24ClIN4O2S/c1-13(25(2,3)4)30-24(33)16-11-28-23-22(16)31-18(12-29-23)20-7-8-21(34-20)19(32)9-14-5-6-15(27)10-17(14)26/h5-8,10-13H,9H2,1-4H3,(H,28,29)(H,30,33)/t13-/m0/s1. The number of ketones is 1. The molecule has 176 valence electrons. The molecule has 0 aliphatic carbocycles. The Morgan fingerprint density at radius 3 is 2.71 bits per heavy atom. The maximum atomic E-state index is 12.9. The van der Waals surface area contributed by atoms with Crippen molar-refractivity contribution in [2.45, 2.75) is 40.2 Å². The van der Waals surface area contributed by atoms with E-state index in [1.165, 1.54) is 11.3 Å². The summed E-state index contributed by atoms with van der Waals surface area (Å²) in [5.41, 5.74) is 2.83. The Balaban J connectivity index is 1.57. The van der Waals surface area contributed by atoms with Crippen LogP contribution in [0.5, 0.6) is 0 Å². The SMILES string of the molecule is C[C@H](NC(=O)c1c[nH]c2ncc(-c3ccc(C(=O)Cc4ccc(I)cc4Cl)s3)nc12)C(C)(C)C. The highest BCUT2D eigenvalue weighted by Crippen LogP contribution is 2.30. The number of fused-ring (bicyclic) bond motifs is 1. The van der Waals surface area contributed by atoms with E-state index < -0.39 is 0 Å². The third-order valence-corrected chi connectivity index (χ3v) is 7.94. The summed E-state index contributed by atoms with van der Waals surface area (Å²) in [6, 6.07) is 9.31. The van der Waals surface area contributed by atoms with E-state index in [0.717, 1.165) is 14.0 Å². The van der Waals surface area contributed by atoms with E-state index in [1.807, 2.05) is 31.2 Å². The quantitative estimate of drug-likeness (QED) is 0.193. The largest absolute Gasteiger partial charge is 0.349 e. The predicted molar refractivity (Wildman–Crippen MR) is 146 cm³/mol. The molecule has 1 atom stereocenters. The van der Waals surface area contributed by atoms with E-state index in [-0.39, 0.29) is 29.6 Å². The van der Waals surface area contributed by atoms with Crippen molar-refractivity contribution in [3.8, 4) is 10.6 Å². The zero-order valence-corrected chi connectivity index (χ0v) is 22.9. The lowest BCUT2D eigenvalue weighted by Gasteiger charge is -2.27. The normalized spacial score (nSPS) is 12.6. The number of nitrogens with one attached hydrogen (secondary N) is 2. The number of thiophene rings is 1. The van der Waals surface area contributed by atoms with Gasteiger partial charge >= 0.3 is 0 Å². The van der Waals surface area contributed by atoms with Crippen LogP contribution in [0.25, 0.3) is 21.7 Å². The molecule has 0 aliphatic heterocycles. The number of amides is 1. The molecule has 3 aromatic heterocycles. The zero-order chi connectivity index (χ0) is 24.6. The lowest BCUT2D eigenvalue weighted by molar-refractivity contribution is 0.0911. The third-order valence-electron chi connectivity index (χ3n) is 5.77. The minimum absolute atomic E-state index is 0.00808. The summed E-state index contributed by atoms with van der Waals surface area (Å²) in [7, 11) is 0. The summed E-state index contributed by atoms with van der Waals surface area (Å²) in [6.07, 6.45) is 3.51. The molecule has 0 fully saturated rings. The van der Waals surface area contributed by atoms with Gasteiger partial charge in [0, 0.05) is 27.3 Å². The number of aromatic amines is 1. The molecule has 0 spiro atoms. The van der Waals surface area contributed by atoms with Crippen LogP contribution in [0.2, 0.25) is 5.02 Å². The van der Waals surface area contributed by atoms with Gasteiger partial charge in [-0.2, -0.15) is 0 Å². The first-order chi connectivity index (χ1) is 16.0. The van der Waals surface area contributed by atoms with E-state index in [9.17, 15) is 9.59 Å². The summed E-state index contributed by atoms with van der Waals surface area (Å²) in [5.74, 6) is -0.206. The van der Waals surface area contributed by atoms with Crippen molar-refractivity contribution >= 4 is 68.4 Å². The van der Waals surface area contributed by atoms with Gasteiger partial charge < -0.3 is 10.3 Å². The van der Waals surface area contributed by atoms with E-state index in [0.29, 0.717) is 32.3 Å². The van der Waals surface area contributed by atoms with Crippen LogP contribution in [0.4, 0.5) is 0 Å². The molecule has 6 nitrogen and oxygen atoms in total. The number of hydrogen-bond acceptors (Lipinski definition) is 5. The molecule has 0 saturated heterocycles. The monoisotopic (exact) mass is 606 g/mol. The molecule has 0 bridgehead atoms. The van der Waals surface area contributed by atoms with Crippen LogP contribution in [-0.2, 0) is 6.42 Å². The molecule has 0 saturated carbocycles. The van der Waals surface area contributed by atoms with Crippen molar-refractivity contribution in [2.24, 2.45) is 5.41 Å². The van der Waals surface area contributed by atoms with Crippen LogP contribution >= 0.6 is 45.5 Å². The zero-order valence-electron chi connectivity index (χ0n) is 19.2. The molecule has 2 N–H and O–H groups in total. The number of benzene rings is 1. The number of carbonyl (C=O) groups excluding carboxylic acids is 2. The van der Waals surface area contributed by atoms with Gasteiger partial charge in [-0.25, -0.2) is 9.97 Å². The third kappa shape index (κ3) is 5.34. The second-order valence-corrected chi connectivity index (χ2v) is 12.0. The molecule has 1 aromatic carbocycles. The van der Waals surface area contributed by atoms with Gasteiger partial charge in [-0.05, 0) is 64.8 Å². The van der Waals surface area contributed by atoms with Gasteiger partial charge in [0.2, 0.25) is 0 Å². The number of Topliss-reactive ketones (excluding diaryl/α,β-unsaturated/α-hetero) is 1. The molecule has 4 rings (SSSR count). The molecule has 1 amide bonds. The molecule has 3 heterocycles. The van der Waals surface area contributed by atoms with E-state index in [4.69, 9.17) is 16.6 Å². The summed E-state index contributed by atoms with van der Waals surface area (Å²) >= 11 is 9.84. The van der Waals surface area contributed by atoms with Crippen molar-refractivity contribution in [1.29, 1.82) is 0 Å². The van der Waals surface area contributed by atoms with Crippen LogP contribution in [0.3, 0.4) is 0 Å². The van der Waals surface area contributed by atoms with Crippen molar-refractivity contribution in [1.82, 2.24) is 20.3 Å². The lowest BCUT2D eigenvalue weighted by Crippen LogP contribution is -2.41. The first-order valence-corrected chi connectivity index (χ1v) is 13.0. The number of aromatic nitrogens is 3. The Morgan fingerprint density at radius 1 is 1.24 bits per heavy atom. The van der Waals surface area contributed by atoms with Crippen molar-refractivity contribution in [3.05, 3.63) is 67.3 Å². The summed E-state index contributed by atoms with van der Waals surface area (Å²) in [5, 5.41) is 3.63. The average molecular weight is 607 g/mol. The Hall–Kier alpha value is -2.30. The van der Waals surface area contributed by atoms with Crippen molar-refractivity contribution in [2.75, 3.05) is 0 Å². The second-order valence-electron chi connectivity index (χ2n) is 9.22. The van der Waals surface area contributed by atoms with Crippen LogP contribution in [0, 0.1) is 8.99 Å². The van der Waals surface area contributed by atoms with Gasteiger partial charge in [-0.3, -0.25) is 9.59 Å². The smallest absolute Gasteiger partial charge is 0.255 e. The molecule has 4 aromatic rings. The molecule has 0 radical (unpaired) electrons. The van der Waals surface area contributed by atoms with Crippen molar-refractivity contribution in [3.63, 3.8) is 0 Å². The van der Waals surface area contributed by atoms with Crippen LogP contribution in [0.15, 0.2) is 42.7 Å². The van der Waals surface area contributed by atoms with Gasteiger partial charge in [-0.1, -0.05) is 38.4 Å². The average Bonchev–Trinajstić information content (AvgIpc) is 3.42. The van der Waals surface area contributed by atoms with E-state index in [2.05, 4.69) is 58.6 Å². The summed E-state index contributed by atoms with van der Waals surface area (Å²) < 4.78 is 1.02. The Kier molecular flexibility index (Phi) is 7.12. The fourth-order valence-electron chi connectivity index (χ4n) is 3.22. The van der Waals surface area contributed by atoms with Gasteiger partial charge in [0.25, 0.3) is 5.91 Å². The van der Waals surface area contributed by atoms with E-state index in [1.54, 1.807) is 18.5 Å². The van der Waals surface area contributed by atoms with Crippen LogP contribution in [0.1, 0.15) is 53.3 Å². The van der Waals surface area contributed by atoms with Crippen LogP contribution < -0.4 is 5.32 Å². The minimum Gasteiger partial charge on any atom is -0.349 e. The molecular formula is C25H24ClIN4O2S. The maximum absolute atomic E-state index is 12.9. The summed E-state index contributed by atoms with van der Waals surface area (Å²) in [4.78, 5) is 39.3. The first-order valence-electron chi connectivity index (χ1n) is 10.8. The highest BCUT2D eigenvalue weighted by Gasteiger charge is 2.24. The van der Waals surface area contributed by atoms with E-state index >= 15 is 0 Å². The number of carbonyl (C=O) groups is 2. The predicted octanol–water partition coefficient (Wildman–Crippen LogP) is 6.53. The number of nitrogens with zero attached hydrogens (tertiary/aromatic N) is 2. The summed E-state index contributed by atoms with van der Waals surface area (Å²) in [6.45, 7) is 8.21. The first kappa shape index (κ1) is 24.8. The Labute approximate surface area is 220 Å². The number of H-pyrrole nitrogens is 1. The fourth-order valence-corrected chi connectivity index (χ4v) is 5.05. The number of rotatable bonds is 6. The lowest BCUT2D eigenvalue weighted by atomic mass is 9.88. The fraction of sp³-hybridized carbons (Fsp3) is 0.280. The second kappa shape index (κ2) is 9.75. The Bertz CT molecular complexity index is 1390. The van der Waals surface area contributed by atoms with Crippen LogP contribution in [-0.4, -0.2) is 32.7 Å². The number of halogens is 2.